The molecule has 0 saturated heterocycles. The molecule has 0 saturated carbocycles. The van der Waals surface area contributed by atoms with Gasteiger partial charge in [-0.25, -0.2) is 0 Å². The number of benzene rings is 1. The highest BCUT2D eigenvalue weighted by Gasteiger charge is 2.01. The lowest BCUT2D eigenvalue weighted by molar-refractivity contribution is 0.501. The van der Waals surface area contributed by atoms with Gasteiger partial charge in [0, 0.05) is 35.5 Å². The van der Waals surface area contributed by atoms with Gasteiger partial charge in [-0.15, -0.1) is 24.0 Å². The van der Waals surface area contributed by atoms with Crippen LogP contribution in [0.2, 0.25) is 0 Å². The van der Waals surface area contributed by atoms with Crippen molar-refractivity contribution in [1.82, 2.24) is 10.6 Å². The van der Waals surface area contributed by atoms with Crippen LogP contribution in [0.15, 0.2) is 57.0 Å². The molecular weight excluding hydrogens is 413 g/mol. The quantitative estimate of drug-likeness (QED) is 0.432. The maximum Gasteiger partial charge on any atom is 0.191 e. The van der Waals surface area contributed by atoms with Crippen LogP contribution in [0.25, 0.3) is 0 Å². The van der Waals surface area contributed by atoms with Crippen molar-refractivity contribution in [3.63, 3.8) is 0 Å². The molecule has 1 atom stereocenters. The smallest absolute Gasteiger partial charge is 0.191 e. The molecule has 2 rings (SSSR count). The first-order valence-corrected chi connectivity index (χ1v) is 8.14. The lowest BCUT2D eigenvalue weighted by Gasteiger charge is -2.11. The number of nitrogens with one attached hydrogen (secondary N) is 2. The van der Waals surface area contributed by atoms with Gasteiger partial charge in [-0.05, 0) is 29.8 Å². The number of nitrogens with zero attached hydrogens (tertiary/aromatic N) is 1. The van der Waals surface area contributed by atoms with E-state index in [2.05, 4.69) is 15.6 Å². The van der Waals surface area contributed by atoms with E-state index in [1.165, 1.54) is 0 Å². The van der Waals surface area contributed by atoms with Gasteiger partial charge in [0.05, 0.1) is 12.8 Å². The minimum Gasteiger partial charge on any atom is -0.467 e. The Morgan fingerprint density at radius 3 is 2.41 bits per heavy atom. The summed E-state index contributed by atoms with van der Waals surface area (Å²) in [7, 11) is 0.784. The summed E-state index contributed by atoms with van der Waals surface area (Å²) < 4.78 is 16.6. The van der Waals surface area contributed by atoms with Crippen LogP contribution in [0, 0.1) is 0 Å². The molecule has 2 N–H and O–H groups in total. The van der Waals surface area contributed by atoms with E-state index in [9.17, 15) is 4.21 Å². The normalized spacial score (nSPS) is 12.4. The zero-order valence-electron chi connectivity index (χ0n) is 12.5. The summed E-state index contributed by atoms with van der Waals surface area (Å²) in [6, 6.07) is 11.4. The Hall–Kier alpha value is -1.35. The molecule has 1 heterocycles. The van der Waals surface area contributed by atoms with E-state index in [0.717, 1.165) is 16.2 Å². The lowest BCUT2D eigenvalue weighted by Crippen LogP contribution is -2.36. The van der Waals surface area contributed by atoms with E-state index >= 15 is 0 Å². The van der Waals surface area contributed by atoms with Gasteiger partial charge in [0.2, 0.25) is 0 Å². The molecule has 0 bridgehead atoms. The predicted octanol–water partition coefficient (Wildman–Crippen LogP) is 2.50. The molecule has 0 aliphatic carbocycles. The number of halogens is 1. The van der Waals surface area contributed by atoms with Crippen molar-refractivity contribution < 1.29 is 8.63 Å². The second-order valence-corrected chi connectivity index (χ2v) is 5.84. The summed E-state index contributed by atoms with van der Waals surface area (Å²) in [6.45, 7) is 1.23. The van der Waals surface area contributed by atoms with Gasteiger partial charge in [0.25, 0.3) is 0 Å². The van der Waals surface area contributed by atoms with Gasteiger partial charge in [-0.1, -0.05) is 12.1 Å². The molecule has 0 fully saturated rings. The average molecular weight is 433 g/mol. The highest BCUT2D eigenvalue weighted by Crippen LogP contribution is 2.07. The number of hydrogen-bond acceptors (Lipinski definition) is 3. The van der Waals surface area contributed by atoms with Crippen molar-refractivity contribution in [3.8, 4) is 0 Å². The van der Waals surface area contributed by atoms with Gasteiger partial charge in [-0.3, -0.25) is 9.20 Å². The maximum atomic E-state index is 11.3. The molecule has 5 nitrogen and oxygen atoms in total. The minimum atomic E-state index is -0.939. The van der Waals surface area contributed by atoms with E-state index < -0.39 is 10.8 Å². The van der Waals surface area contributed by atoms with E-state index in [-0.39, 0.29) is 24.0 Å². The van der Waals surface area contributed by atoms with Crippen molar-refractivity contribution in [3.05, 3.63) is 54.0 Å². The molecule has 2 aromatic rings. The summed E-state index contributed by atoms with van der Waals surface area (Å²) in [6.07, 6.45) is 3.32. The molecule has 1 aromatic heterocycles. The third kappa shape index (κ3) is 5.80. The number of aliphatic imine (C=N–C) groups is 1. The molecule has 120 valence electrons. The molecule has 22 heavy (non-hydrogen) atoms. The fourth-order valence-electron chi connectivity index (χ4n) is 1.79. The largest absolute Gasteiger partial charge is 0.467 e. The van der Waals surface area contributed by atoms with Crippen LogP contribution in [-0.2, 0) is 23.9 Å². The Balaban J connectivity index is 0.00000242. The van der Waals surface area contributed by atoms with Gasteiger partial charge in [-0.2, -0.15) is 0 Å². The molecule has 1 unspecified atom stereocenters. The SMILES string of the molecule is CN=C(NCc1ccc(S(C)=O)cc1)NCc1ccco1.I. The summed E-state index contributed by atoms with van der Waals surface area (Å²) in [5, 5.41) is 6.39. The van der Waals surface area contributed by atoms with Gasteiger partial charge in [0.15, 0.2) is 5.96 Å². The zero-order chi connectivity index (χ0) is 15.1. The minimum absolute atomic E-state index is 0. The van der Waals surface area contributed by atoms with Gasteiger partial charge >= 0.3 is 0 Å². The van der Waals surface area contributed by atoms with Crippen molar-refractivity contribution in [2.24, 2.45) is 4.99 Å². The summed E-state index contributed by atoms with van der Waals surface area (Å²) in [5.74, 6) is 1.56. The first kappa shape index (κ1) is 18.7. The second-order valence-electron chi connectivity index (χ2n) is 4.46. The Kier molecular flexibility index (Phi) is 8.18. The number of guanidine groups is 1. The van der Waals surface area contributed by atoms with Crippen LogP contribution >= 0.6 is 24.0 Å². The third-order valence-corrected chi connectivity index (χ3v) is 3.89. The van der Waals surface area contributed by atoms with Gasteiger partial charge in [0.1, 0.15) is 5.76 Å². The van der Waals surface area contributed by atoms with E-state index in [1.54, 1.807) is 19.6 Å². The summed E-state index contributed by atoms with van der Waals surface area (Å²) in [4.78, 5) is 4.98. The van der Waals surface area contributed by atoms with Crippen LogP contribution in [-0.4, -0.2) is 23.5 Å². The number of furan rings is 1. The Bertz CT molecular complexity index is 612. The van der Waals surface area contributed by atoms with Crippen LogP contribution < -0.4 is 10.6 Å². The van der Waals surface area contributed by atoms with Crippen LogP contribution in [0.3, 0.4) is 0 Å². The first-order valence-electron chi connectivity index (χ1n) is 6.58. The molecule has 0 aliphatic rings. The third-order valence-electron chi connectivity index (χ3n) is 2.95. The Morgan fingerprint density at radius 1 is 1.18 bits per heavy atom. The molecular formula is C15H20IN3O2S. The van der Waals surface area contributed by atoms with Gasteiger partial charge < -0.3 is 15.1 Å². The average Bonchev–Trinajstić information content (AvgIpc) is 3.01. The van der Waals surface area contributed by atoms with Crippen LogP contribution in [0.1, 0.15) is 11.3 Å². The van der Waals surface area contributed by atoms with Crippen molar-refractivity contribution in [2.45, 2.75) is 18.0 Å². The van der Waals surface area contributed by atoms with Crippen molar-refractivity contribution in [1.29, 1.82) is 0 Å². The highest BCUT2D eigenvalue weighted by atomic mass is 127. The molecule has 1 aromatic carbocycles. The summed E-state index contributed by atoms with van der Waals surface area (Å²) in [5.41, 5.74) is 1.10. The van der Waals surface area contributed by atoms with Crippen LogP contribution in [0.4, 0.5) is 0 Å². The maximum absolute atomic E-state index is 11.3. The molecule has 0 spiro atoms. The predicted molar refractivity (Wildman–Crippen MR) is 99.9 cm³/mol. The molecule has 0 radical (unpaired) electrons. The molecule has 0 aliphatic heterocycles. The fraction of sp³-hybridized carbons (Fsp3) is 0.267. The molecule has 0 amide bonds. The van der Waals surface area contributed by atoms with Crippen molar-refractivity contribution >= 4 is 40.7 Å². The number of hydrogen-bond donors (Lipinski definition) is 2. The highest BCUT2D eigenvalue weighted by molar-refractivity contribution is 14.0. The van der Waals surface area contributed by atoms with Crippen LogP contribution in [0.5, 0.6) is 0 Å². The van der Waals surface area contributed by atoms with Crippen molar-refractivity contribution in [2.75, 3.05) is 13.3 Å². The van der Waals surface area contributed by atoms with E-state index in [1.807, 2.05) is 36.4 Å². The Morgan fingerprint density at radius 2 is 1.86 bits per heavy atom. The second kappa shape index (κ2) is 9.62. The number of rotatable bonds is 5. The van der Waals surface area contributed by atoms with E-state index in [0.29, 0.717) is 19.0 Å². The topological polar surface area (TPSA) is 66.6 Å². The lowest BCUT2D eigenvalue weighted by atomic mass is 10.2. The Labute approximate surface area is 150 Å². The monoisotopic (exact) mass is 433 g/mol. The standard InChI is InChI=1S/C15H19N3O2S.HI/c1-16-15(18-11-13-4-3-9-20-13)17-10-12-5-7-14(8-6-12)21(2)19;/h3-9H,10-11H2,1-2H3,(H2,16,17,18);1H. The summed E-state index contributed by atoms with van der Waals surface area (Å²) >= 11 is 0. The van der Waals surface area contributed by atoms with E-state index in [4.69, 9.17) is 4.42 Å². The first-order chi connectivity index (χ1) is 10.2. The fourth-order valence-corrected chi connectivity index (χ4v) is 2.31. The molecule has 7 heteroatoms. The zero-order valence-corrected chi connectivity index (χ0v) is 15.7.